The third-order valence-corrected chi connectivity index (χ3v) is 3.43. The summed E-state index contributed by atoms with van der Waals surface area (Å²) in [6.07, 6.45) is -0.0583. The summed E-state index contributed by atoms with van der Waals surface area (Å²) in [6.45, 7) is 17.2. The van der Waals surface area contributed by atoms with Crippen molar-refractivity contribution >= 4 is 0 Å². The molecule has 0 amide bonds. The lowest BCUT2D eigenvalue weighted by Crippen LogP contribution is -2.47. The molecule has 0 aromatic rings. The maximum atomic E-state index is 6.12. The zero-order chi connectivity index (χ0) is 17.6. The Balaban J connectivity index is 2.83. The van der Waals surface area contributed by atoms with Gasteiger partial charge in [0.15, 0.2) is 0 Å². The van der Waals surface area contributed by atoms with Crippen molar-refractivity contribution in [3.05, 3.63) is 0 Å². The Morgan fingerprint density at radius 3 is 1.91 bits per heavy atom. The van der Waals surface area contributed by atoms with Gasteiger partial charge in [-0.25, -0.2) is 0 Å². The number of ether oxygens (including phenoxy) is 5. The van der Waals surface area contributed by atoms with Gasteiger partial charge >= 0.3 is 0 Å². The molecule has 4 atom stereocenters. The summed E-state index contributed by atoms with van der Waals surface area (Å²) in [5.74, 6) is 0. The first kappa shape index (κ1) is 20.8. The van der Waals surface area contributed by atoms with E-state index in [2.05, 4.69) is 0 Å². The van der Waals surface area contributed by atoms with Crippen LogP contribution < -0.4 is 0 Å². The minimum absolute atomic E-state index is 0.0697. The van der Waals surface area contributed by atoms with E-state index in [-0.39, 0.29) is 48.8 Å². The van der Waals surface area contributed by atoms with E-state index in [4.69, 9.17) is 23.7 Å². The Labute approximate surface area is 142 Å². The maximum Gasteiger partial charge on any atom is 0.115 e. The van der Waals surface area contributed by atoms with Gasteiger partial charge in [0.1, 0.15) is 24.4 Å². The lowest BCUT2D eigenvalue weighted by molar-refractivity contribution is -0.155. The molecular formula is C18H36O5. The highest BCUT2D eigenvalue weighted by molar-refractivity contribution is 4.92. The zero-order valence-corrected chi connectivity index (χ0v) is 16.1. The van der Waals surface area contributed by atoms with Crippen LogP contribution >= 0.6 is 0 Å². The molecule has 0 radical (unpaired) electrons. The van der Waals surface area contributed by atoms with E-state index < -0.39 is 0 Å². The first-order valence-corrected chi connectivity index (χ1v) is 8.90. The molecule has 4 unspecified atom stereocenters. The molecule has 5 nitrogen and oxygen atoms in total. The molecule has 0 aromatic heterocycles. The molecule has 1 rings (SSSR count). The lowest BCUT2D eigenvalue weighted by atomic mass is 10.1. The standard InChI is InChI=1S/C18H36O5/c1-11(2)19-9-15(21-12(3)4)17-18(23-14(7)8)16(10-20-17)22-13(5)6/h11-18H,9-10H2,1-8H3. The van der Waals surface area contributed by atoms with Crippen molar-refractivity contribution in [2.24, 2.45) is 0 Å². The molecular weight excluding hydrogens is 296 g/mol. The van der Waals surface area contributed by atoms with Gasteiger partial charge in [-0.15, -0.1) is 0 Å². The van der Waals surface area contributed by atoms with E-state index >= 15 is 0 Å². The van der Waals surface area contributed by atoms with E-state index in [1.54, 1.807) is 0 Å². The van der Waals surface area contributed by atoms with Crippen LogP contribution in [0.4, 0.5) is 0 Å². The monoisotopic (exact) mass is 332 g/mol. The van der Waals surface area contributed by atoms with Crippen molar-refractivity contribution in [1.29, 1.82) is 0 Å². The van der Waals surface area contributed by atoms with Gasteiger partial charge in [-0.3, -0.25) is 0 Å². The molecule has 1 heterocycles. The van der Waals surface area contributed by atoms with Gasteiger partial charge in [-0.2, -0.15) is 0 Å². The van der Waals surface area contributed by atoms with Crippen LogP contribution in [0.15, 0.2) is 0 Å². The average molecular weight is 332 g/mol. The smallest absolute Gasteiger partial charge is 0.115 e. The first-order valence-electron chi connectivity index (χ1n) is 8.90. The number of hydrogen-bond acceptors (Lipinski definition) is 5. The summed E-state index contributed by atoms with van der Waals surface area (Å²) in [6, 6.07) is 0. The van der Waals surface area contributed by atoms with E-state index in [0.29, 0.717) is 13.2 Å². The number of rotatable bonds is 10. The quantitative estimate of drug-likeness (QED) is 0.615. The molecule has 138 valence electrons. The Bertz CT molecular complexity index is 317. The van der Waals surface area contributed by atoms with Crippen LogP contribution in [0.1, 0.15) is 55.4 Å². The Kier molecular flexibility index (Phi) is 9.01. The topological polar surface area (TPSA) is 46.2 Å². The zero-order valence-electron chi connectivity index (χ0n) is 16.1. The lowest BCUT2D eigenvalue weighted by Gasteiger charge is -2.32. The van der Waals surface area contributed by atoms with Gasteiger partial charge in [-0.05, 0) is 55.4 Å². The molecule has 1 fully saturated rings. The summed E-state index contributed by atoms with van der Waals surface area (Å²) in [5.41, 5.74) is 0. The van der Waals surface area contributed by atoms with E-state index in [9.17, 15) is 0 Å². The molecule has 0 aliphatic carbocycles. The molecule has 0 spiro atoms. The first-order chi connectivity index (χ1) is 10.7. The average Bonchev–Trinajstić information content (AvgIpc) is 2.75. The van der Waals surface area contributed by atoms with Gasteiger partial charge in [-0.1, -0.05) is 0 Å². The molecule has 5 heteroatoms. The summed E-state index contributed by atoms with van der Waals surface area (Å²) in [5, 5.41) is 0. The van der Waals surface area contributed by atoms with Crippen LogP contribution in [0.5, 0.6) is 0 Å². The van der Waals surface area contributed by atoms with Crippen molar-refractivity contribution in [3.8, 4) is 0 Å². The molecule has 0 N–H and O–H groups in total. The Morgan fingerprint density at radius 1 is 0.826 bits per heavy atom. The predicted molar refractivity (Wildman–Crippen MR) is 90.9 cm³/mol. The molecule has 0 saturated carbocycles. The Morgan fingerprint density at radius 2 is 1.43 bits per heavy atom. The van der Waals surface area contributed by atoms with E-state index in [1.807, 2.05) is 55.4 Å². The second kappa shape index (κ2) is 9.94. The fourth-order valence-electron chi connectivity index (χ4n) is 2.72. The maximum absolute atomic E-state index is 6.12. The number of hydrogen-bond donors (Lipinski definition) is 0. The Hall–Kier alpha value is -0.200. The highest BCUT2D eigenvalue weighted by atomic mass is 16.6. The summed E-state index contributed by atoms with van der Waals surface area (Å²) in [4.78, 5) is 0. The third-order valence-electron chi connectivity index (χ3n) is 3.43. The van der Waals surface area contributed by atoms with E-state index in [0.717, 1.165) is 0 Å². The molecule has 0 bridgehead atoms. The molecule has 1 aliphatic heterocycles. The van der Waals surface area contributed by atoms with Crippen LogP contribution in [0, 0.1) is 0 Å². The molecule has 23 heavy (non-hydrogen) atoms. The molecule has 0 aromatic carbocycles. The van der Waals surface area contributed by atoms with Crippen molar-refractivity contribution in [3.63, 3.8) is 0 Å². The van der Waals surface area contributed by atoms with Crippen LogP contribution in [-0.4, -0.2) is 62.0 Å². The fourth-order valence-corrected chi connectivity index (χ4v) is 2.72. The second-order valence-electron chi connectivity index (χ2n) is 7.28. The summed E-state index contributed by atoms with van der Waals surface area (Å²) in [7, 11) is 0. The highest BCUT2D eigenvalue weighted by Crippen LogP contribution is 2.27. The largest absolute Gasteiger partial charge is 0.376 e. The van der Waals surface area contributed by atoms with Gasteiger partial charge < -0.3 is 23.7 Å². The molecule has 1 saturated heterocycles. The van der Waals surface area contributed by atoms with Crippen LogP contribution in [0.3, 0.4) is 0 Å². The summed E-state index contributed by atoms with van der Waals surface area (Å²) < 4.78 is 30.0. The minimum atomic E-state index is -0.178. The van der Waals surface area contributed by atoms with Crippen LogP contribution in [0.2, 0.25) is 0 Å². The van der Waals surface area contributed by atoms with Crippen LogP contribution in [-0.2, 0) is 23.7 Å². The third kappa shape index (κ3) is 7.48. The van der Waals surface area contributed by atoms with Gasteiger partial charge in [0.2, 0.25) is 0 Å². The normalized spacial score (nSPS) is 26.9. The van der Waals surface area contributed by atoms with Gasteiger partial charge in [0, 0.05) is 0 Å². The SMILES string of the molecule is CC(C)OCC(OC(C)C)C1OCC(OC(C)C)C1OC(C)C. The van der Waals surface area contributed by atoms with Gasteiger partial charge in [0.25, 0.3) is 0 Å². The van der Waals surface area contributed by atoms with Gasteiger partial charge in [0.05, 0.1) is 37.6 Å². The second-order valence-corrected chi connectivity index (χ2v) is 7.28. The van der Waals surface area contributed by atoms with Crippen molar-refractivity contribution in [2.75, 3.05) is 13.2 Å². The fraction of sp³-hybridized carbons (Fsp3) is 1.00. The highest BCUT2D eigenvalue weighted by Gasteiger charge is 2.45. The van der Waals surface area contributed by atoms with Crippen molar-refractivity contribution in [2.45, 2.75) is 104 Å². The van der Waals surface area contributed by atoms with Crippen molar-refractivity contribution < 1.29 is 23.7 Å². The van der Waals surface area contributed by atoms with E-state index in [1.165, 1.54) is 0 Å². The minimum Gasteiger partial charge on any atom is -0.376 e. The predicted octanol–water partition coefficient (Wildman–Crippen LogP) is 3.19. The summed E-state index contributed by atoms with van der Waals surface area (Å²) >= 11 is 0. The van der Waals surface area contributed by atoms with Crippen molar-refractivity contribution in [1.82, 2.24) is 0 Å². The van der Waals surface area contributed by atoms with Crippen LogP contribution in [0.25, 0.3) is 0 Å². The molecule has 1 aliphatic rings.